The summed E-state index contributed by atoms with van der Waals surface area (Å²) in [5, 5.41) is 0. The summed E-state index contributed by atoms with van der Waals surface area (Å²) in [6.07, 6.45) is 114. The van der Waals surface area contributed by atoms with E-state index in [0.717, 1.165) is 88.2 Å². The first-order valence-electron chi connectivity index (χ1n) is 58.2. The van der Waals surface area contributed by atoms with Gasteiger partial charge >= 0.3 is 7.11 Å². The van der Waals surface area contributed by atoms with Gasteiger partial charge in [-0.2, -0.15) is 0 Å². The lowest BCUT2D eigenvalue weighted by molar-refractivity contribution is 0.171. The highest BCUT2D eigenvalue weighted by atomic mass is 19.3. The maximum absolute atomic E-state index is 16.4. The van der Waals surface area contributed by atoms with E-state index in [1.165, 1.54) is 462 Å². The molecular formula is C119H208BF2N2O8-. The molecule has 0 saturated carbocycles. The summed E-state index contributed by atoms with van der Waals surface area (Å²) >= 11 is 0. The van der Waals surface area contributed by atoms with Gasteiger partial charge in [0.25, 0.3) is 0 Å². The van der Waals surface area contributed by atoms with E-state index in [2.05, 4.69) is 58.7 Å². The highest BCUT2D eigenvalue weighted by Gasteiger charge is 2.39. The molecule has 0 atom stereocenters. The minimum absolute atomic E-state index is 0.0348. The number of halogens is 2. The standard InChI is InChI=1S/C119H208BF2N2O8/c1-7-13-19-25-31-37-43-49-55-61-67-73-79-85-95-125-114-101-106(102-115(126-96-86-80-74-68-62-56-50-44-38-32-26-20-14-8-2)118(114)129-99-89-83-77-71-65-59-53-47-41-35-29-23-17-11-5)108-91-93-110(123-108)112-105-113(132-120(121,122)131-112)111-94-92-109(124-111)107-103-116(127-97-87-81-75-69-63-57-51-45-39-33-27-21-15-9-3)119(130-100-90-84-78-72-66-60-54-48-42-36-30-24-18-12-6)117(104-107)128-98-88-82-76-70-64-58-52-46-40-34-28-22-16-10-4/h91-94,101-105,123H,7-90,95-100H2,1-6H3/q-1/b113-111-. The second kappa shape index (κ2) is 85.2. The number of aromatic amines is 1. The van der Waals surface area contributed by atoms with Gasteiger partial charge < -0.3 is 51.3 Å². The average Bonchev–Trinajstić information content (AvgIpc) is 1.58. The molecule has 0 spiro atoms. The van der Waals surface area contributed by atoms with Crippen LogP contribution in [0.5, 0.6) is 34.5 Å². The number of hydrogen-bond acceptors (Lipinski definition) is 9. The summed E-state index contributed by atoms with van der Waals surface area (Å²) in [7, 11) is -4.80. The number of unbranched alkanes of at least 4 members (excludes halogenated alkanes) is 78. The number of nitrogens with zero attached hydrogens (tertiary/aromatic N) is 1. The van der Waals surface area contributed by atoms with Gasteiger partial charge in [-0.25, -0.2) is 4.99 Å². The van der Waals surface area contributed by atoms with Crippen molar-refractivity contribution in [3.63, 3.8) is 0 Å². The number of benzene rings is 2. The zero-order chi connectivity index (χ0) is 93.7. The van der Waals surface area contributed by atoms with E-state index in [1.54, 1.807) is 12.2 Å². The lowest BCUT2D eigenvalue weighted by Crippen LogP contribution is -2.34. The summed E-state index contributed by atoms with van der Waals surface area (Å²) in [6.45, 7) is 17.1. The first-order chi connectivity index (χ1) is 65.2. The summed E-state index contributed by atoms with van der Waals surface area (Å²) in [5.41, 5.74) is 3.54. The minimum atomic E-state index is -4.80. The fraction of sp³-hybridized carbons (Fsp3) is 0.807. The van der Waals surface area contributed by atoms with Crippen LogP contribution in [0.2, 0.25) is 0 Å². The third-order valence-electron chi connectivity index (χ3n) is 27.8. The van der Waals surface area contributed by atoms with Crippen LogP contribution in [0.3, 0.4) is 0 Å². The molecule has 5 rings (SSSR count). The van der Waals surface area contributed by atoms with Gasteiger partial charge in [0.1, 0.15) is 17.2 Å². The Bertz CT molecular complexity index is 3140. The predicted octanol–water partition coefficient (Wildman–Crippen LogP) is 40.9. The van der Waals surface area contributed by atoms with Crippen LogP contribution in [0.15, 0.2) is 71.1 Å². The molecule has 2 aliphatic rings. The summed E-state index contributed by atoms with van der Waals surface area (Å²) < 4.78 is 85.0. The fourth-order valence-corrected chi connectivity index (χ4v) is 19.2. The molecule has 3 aromatic rings. The van der Waals surface area contributed by atoms with E-state index in [4.69, 9.17) is 42.7 Å². The summed E-state index contributed by atoms with van der Waals surface area (Å²) in [4.78, 5) is 8.62. The molecule has 0 amide bonds. The maximum atomic E-state index is 16.4. The van der Waals surface area contributed by atoms with Crippen LogP contribution in [0, 0.1) is 0 Å². The maximum Gasteiger partial charge on any atom is 0.726 e. The Hall–Kier alpha value is -5.07. The molecule has 760 valence electrons. The van der Waals surface area contributed by atoms with Gasteiger partial charge in [-0.15, -0.1) is 0 Å². The number of ether oxygens (including phenoxy) is 6. The minimum Gasteiger partial charge on any atom is -0.626 e. The summed E-state index contributed by atoms with van der Waals surface area (Å²) in [6, 6.07) is 11.9. The molecule has 10 nitrogen and oxygen atoms in total. The Morgan fingerprint density at radius 1 is 0.242 bits per heavy atom. The van der Waals surface area contributed by atoms with Gasteiger partial charge in [0.2, 0.25) is 11.5 Å². The van der Waals surface area contributed by atoms with Gasteiger partial charge in [0.15, 0.2) is 23.0 Å². The molecule has 3 heterocycles. The van der Waals surface area contributed by atoms with E-state index < -0.39 is 7.11 Å². The number of aromatic nitrogens is 1. The lowest BCUT2D eigenvalue weighted by Gasteiger charge is -2.34. The second-order valence-corrected chi connectivity index (χ2v) is 40.4. The third kappa shape index (κ3) is 61.3. The molecule has 1 N–H and O–H groups in total. The van der Waals surface area contributed by atoms with E-state index >= 15 is 8.63 Å². The Morgan fingerprint density at radius 3 is 0.682 bits per heavy atom. The molecule has 0 radical (unpaired) electrons. The molecule has 0 bridgehead atoms. The Balaban J connectivity index is 1.40. The molecule has 1 aromatic heterocycles. The number of nitrogens with one attached hydrogen (secondary N) is 1. The molecule has 13 heteroatoms. The molecule has 2 aromatic carbocycles. The smallest absolute Gasteiger partial charge is 0.626 e. The van der Waals surface area contributed by atoms with Crippen LogP contribution in [0.4, 0.5) is 8.63 Å². The fourth-order valence-electron chi connectivity index (χ4n) is 19.2. The topological polar surface area (TPSA) is 102 Å². The quantitative estimate of drug-likeness (QED) is 0.0441. The van der Waals surface area contributed by atoms with Gasteiger partial charge in [0.05, 0.1) is 51.0 Å². The molecule has 0 unspecified atom stereocenters. The van der Waals surface area contributed by atoms with Crippen molar-refractivity contribution in [2.24, 2.45) is 4.99 Å². The van der Waals surface area contributed by atoms with Gasteiger partial charge in [-0.1, -0.05) is 542 Å². The van der Waals surface area contributed by atoms with Crippen molar-refractivity contribution in [2.45, 2.75) is 581 Å². The number of allylic oxidation sites excluding steroid dienone is 3. The van der Waals surface area contributed by atoms with Crippen LogP contribution < -0.4 is 28.4 Å². The lowest BCUT2D eigenvalue weighted by atomic mass is 10.0. The van der Waals surface area contributed by atoms with Crippen molar-refractivity contribution in [3.05, 3.63) is 77.3 Å². The molecule has 132 heavy (non-hydrogen) atoms. The van der Waals surface area contributed by atoms with Crippen LogP contribution >= 0.6 is 0 Å². The Kier molecular flexibility index (Phi) is 75.8. The van der Waals surface area contributed by atoms with Crippen LogP contribution in [0.1, 0.15) is 592 Å². The van der Waals surface area contributed by atoms with Crippen molar-refractivity contribution in [1.29, 1.82) is 0 Å². The van der Waals surface area contributed by atoms with E-state index in [-0.39, 0.29) is 17.2 Å². The molecular weight excluding hydrogens is 1630 g/mol. The third-order valence-corrected chi connectivity index (χ3v) is 27.8. The highest BCUT2D eigenvalue weighted by Crippen LogP contribution is 2.45. The molecule has 0 aliphatic carbocycles. The number of hydrogen-bond donors (Lipinski definition) is 1. The highest BCUT2D eigenvalue weighted by molar-refractivity contribution is 6.53. The number of aliphatic imine (C=N–C) groups is 1. The van der Waals surface area contributed by atoms with E-state index in [9.17, 15) is 0 Å². The predicted molar refractivity (Wildman–Crippen MR) is 568 cm³/mol. The van der Waals surface area contributed by atoms with Crippen LogP contribution in [-0.2, 0) is 9.31 Å². The van der Waals surface area contributed by atoms with Crippen molar-refractivity contribution in [1.82, 2.24) is 4.98 Å². The van der Waals surface area contributed by atoms with Crippen molar-refractivity contribution >= 4 is 18.6 Å². The van der Waals surface area contributed by atoms with Crippen molar-refractivity contribution < 1.29 is 46.4 Å². The van der Waals surface area contributed by atoms with E-state index in [1.807, 2.05) is 30.3 Å². The Labute approximate surface area is 813 Å². The van der Waals surface area contributed by atoms with Crippen molar-refractivity contribution in [3.8, 4) is 45.8 Å². The number of rotatable bonds is 99. The monoisotopic (exact) mass is 1840 g/mol. The van der Waals surface area contributed by atoms with Crippen molar-refractivity contribution in [2.75, 3.05) is 39.6 Å². The zero-order valence-electron chi connectivity index (χ0n) is 87.4. The zero-order valence-corrected chi connectivity index (χ0v) is 87.4. The normalized spacial score (nSPS) is 13.6. The summed E-state index contributed by atoms with van der Waals surface area (Å²) in [5.74, 6) is 3.77. The van der Waals surface area contributed by atoms with Gasteiger partial charge in [-0.05, 0) is 87.1 Å². The van der Waals surface area contributed by atoms with E-state index in [0.29, 0.717) is 91.2 Å². The SMILES string of the molecule is CCCCCCCCCCCCCCCCOc1cc(C2=N/C(=C3/C=C(c4ccc(-c5cc(OCCCCCCCCCCCCCCCC)c(OCCCCCCCCCCCCCCCC)c(OCCCCCCCCCCCCCCCC)c5)[nH]4)O[B-](F)(F)O3)C=C2)cc(OCCCCCCCCCCCCCCCC)c1OCCCCCCCCCCCCCCCC. The largest absolute Gasteiger partial charge is 0.726 e. The molecule has 0 fully saturated rings. The first-order valence-corrected chi connectivity index (χ1v) is 58.2. The second-order valence-electron chi connectivity index (χ2n) is 40.4. The number of H-pyrrole nitrogens is 1. The molecule has 2 aliphatic heterocycles. The van der Waals surface area contributed by atoms with Crippen LogP contribution in [-0.4, -0.2) is 57.4 Å². The Morgan fingerprint density at radius 2 is 0.447 bits per heavy atom. The first kappa shape index (κ1) is 117. The molecule has 0 saturated heterocycles. The van der Waals surface area contributed by atoms with Gasteiger partial charge in [0, 0.05) is 22.9 Å². The van der Waals surface area contributed by atoms with Gasteiger partial charge in [-0.3, -0.25) is 0 Å². The van der Waals surface area contributed by atoms with Crippen LogP contribution in [0.25, 0.3) is 17.0 Å². The average molecular weight is 1840 g/mol.